The Bertz CT molecular complexity index is 668. The van der Waals surface area contributed by atoms with Gasteiger partial charge in [-0.15, -0.1) is 0 Å². The van der Waals surface area contributed by atoms with Crippen LogP contribution in [0.4, 0.5) is 5.82 Å². The van der Waals surface area contributed by atoms with Crippen molar-refractivity contribution in [2.24, 2.45) is 0 Å². The van der Waals surface area contributed by atoms with Crippen molar-refractivity contribution >= 4 is 11.8 Å². The van der Waals surface area contributed by atoms with Gasteiger partial charge in [0, 0.05) is 12.7 Å². The van der Waals surface area contributed by atoms with E-state index in [1.165, 1.54) is 7.11 Å². The van der Waals surface area contributed by atoms with Crippen LogP contribution in [0.15, 0.2) is 34.9 Å². The van der Waals surface area contributed by atoms with E-state index in [4.69, 9.17) is 13.9 Å². The van der Waals surface area contributed by atoms with Crippen LogP contribution in [0, 0.1) is 6.92 Å². The molecule has 1 aliphatic heterocycles. The largest absolute Gasteiger partial charge is 0.465 e. The van der Waals surface area contributed by atoms with Gasteiger partial charge in [-0.25, -0.2) is 9.78 Å². The summed E-state index contributed by atoms with van der Waals surface area (Å²) in [6.45, 7) is 3.69. The van der Waals surface area contributed by atoms with Crippen molar-refractivity contribution in [1.82, 2.24) is 4.98 Å². The number of carbonyl (C=O) groups is 1. The van der Waals surface area contributed by atoms with Crippen molar-refractivity contribution in [3.63, 3.8) is 0 Å². The summed E-state index contributed by atoms with van der Waals surface area (Å²) >= 11 is 0. The standard InChI is InChI=1S/C16H18N2O4/c1-11-5-6-13(22-11)14-10-18(8-9-21-14)15-12(16(19)20-2)4-3-7-17-15/h3-7,14H,8-10H2,1-2H3/t14-/m1/s1. The van der Waals surface area contributed by atoms with Gasteiger partial charge in [-0.05, 0) is 31.2 Å². The number of pyridine rings is 1. The number of hydrogen-bond acceptors (Lipinski definition) is 6. The number of morpholine rings is 1. The second kappa shape index (κ2) is 6.19. The Labute approximate surface area is 128 Å². The topological polar surface area (TPSA) is 64.8 Å². The normalized spacial score (nSPS) is 18.3. The van der Waals surface area contributed by atoms with E-state index >= 15 is 0 Å². The molecule has 116 valence electrons. The second-order valence-electron chi connectivity index (χ2n) is 5.12. The molecule has 0 aromatic carbocycles. The number of ether oxygens (including phenoxy) is 2. The summed E-state index contributed by atoms with van der Waals surface area (Å²) in [5.41, 5.74) is 0.460. The van der Waals surface area contributed by atoms with Crippen LogP contribution in [0.5, 0.6) is 0 Å². The number of furan rings is 1. The lowest BCUT2D eigenvalue weighted by molar-refractivity contribution is 0.0248. The molecule has 0 amide bonds. The lowest BCUT2D eigenvalue weighted by atomic mass is 10.2. The summed E-state index contributed by atoms with van der Waals surface area (Å²) in [5.74, 6) is 1.87. The number of aromatic nitrogens is 1. The molecule has 0 radical (unpaired) electrons. The molecule has 0 unspecified atom stereocenters. The molecule has 1 aliphatic rings. The maximum Gasteiger partial charge on any atom is 0.341 e. The van der Waals surface area contributed by atoms with Crippen LogP contribution in [-0.2, 0) is 9.47 Å². The lowest BCUT2D eigenvalue weighted by Crippen LogP contribution is -2.39. The third-order valence-electron chi connectivity index (χ3n) is 3.64. The Morgan fingerprint density at radius 3 is 3.00 bits per heavy atom. The summed E-state index contributed by atoms with van der Waals surface area (Å²) in [6.07, 6.45) is 1.50. The number of rotatable bonds is 3. The van der Waals surface area contributed by atoms with E-state index in [1.54, 1.807) is 18.3 Å². The fraction of sp³-hybridized carbons (Fsp3) is 0.375. The molecule has 0 aliphatic carbocycles. The van der Waals surface area contributed by atoms with Crippen molar-refractivity contribution in [2.45, 2.75) is 13.0 Å². The van der Waals surface area contributed by atoms with Crippen LogP contribution in [-0.4, -0.2) is 37.8 Å². The average Bonchev–Trinajstić information content (AvgIpc) is 3.01. The minimum absolute atomic E-state index is 0.171. The first-order valence-electron chi connectivity index (χ1n) is 7.15. The Balaban J connectivity index is 1.85. The van der Waals surface area contributed by atoms with Gasteiger partial charge in [0.2, 0.25) is 0 Å². The molecule has 0 N–H and O–H groups in total. The Morgan fingerprint density at radius 2 is 2.27 bits per heavy atom. The predicted molar refractivity (Wildman–Crippen MR) is 79.9 cm³/mol. The fourth-order valence-electron chi connectivity index (χ4n) is 2.56. The highest BCUT2D eigenvalue weighted by Crippen LogP contribution is 2.28. The van der Waals surface area contributed by atoms with Crippen molar-refractivity contribution in [3.05, 3.63) is 47.5 Å². The Morgan fingerprint density at radius 1 is 1.41 bits per heavy atom. The summed E-state index contributed by atoms with van der Waals surface area (Å²) in [5, 5.41) is 0. The van der Waals surface area contributed by atoms with E-state index in [2.05, 4.69) is 4.98 Å². The SMILES string of the molecule is COC(=O)c1cccnc1N1CCO[C@@H](c2ccc(C)o2)C1. The van der Waals surface area contributed by atoms with Gasteiger partial charge in [0.05, 0.1) is 20.3 Å². The summed E-state index contributed by atoms with van der Waals surface area (Å²) < 4.78 is 16.2. The van der Waals surface area contributed by atoms with Crippen LogP contribution < -0.4 is 4.90 Å². The van der Waals surface area contributed by atoms with Crippen LogP contribution in [0.3, 0.4) is 0 Å². The highest BCUT2D eigenvalue weighted by molar-refractivity contribution is 5.94. The molecule has 2 aromatic heterocycles. The van der Waals surface area contributed by atoms with Gasteiger partial charge >= 0.3 is 5.97 Å². The first-order chi connectivity index (χ1) is 10.7. The highest BCUT2D eigenvalue weighted by atomic mass is 16.5. The zero-order valence-electron chi connectivity index (χ0n) is 12.6. The van der Waals surface area contributed by atoms with Crippen molar-refractivity contribution < 1.29 is 18.7 Å². The van der Waals surface area contributed by atoms with E-state index in [0.29, 0.717) is 31.1 Å². The number of hydrogen-bond donors (Lipinski definition) is 0. The molecular formula is C16H18N2O4. The van der Waals surface area contributed by atoms with E-state index < -0.39 is 0 Å². The minimum Gasteiger partial charge on any atom is -0.465 e. The first kappa shape index (κ1) is 14.6. The number of carbonyl (C=O) groups excluding carboxylic acids is 1. The van der Waals surface area contributed by atoms with Crippen LogP contribution >= 0.6 is 0 Å². The Kier molecular flexibility index (Phi) is 4.11. The molecule has 22 heavy (non-hydrogen) atoms. The molecule has 6 nitrogen and oxygen atoms in total. The summed E-state index contributed by atoms with van der Waals surface area (Å²) in [4.78, 5) is 18.3. The van der Waals surface area contributed by atoms with Crippen molar-refractivity contribution in [1.29, 1.82) is 0 Å². The fourth-order valence-corrected chi connectivity index (χ4v) is 2.56. The molecule has 1 fully saturated rings. The van der Waals surface area contributed by atoms with Crippen LogP contribution in [0.2, 0.25) is 0 Å². The number of nitrogens with zero attached hydrogens (tertiary/aromatic N) is 2. The smallest absolute Gasteiger partial charge is 0.341 e. The molecule has 0 spiro atoms. The third-order valence-corrected chi connectivity index (χ3v) is 3.64. The van der Waals surface area contributed by atoms with Gasteiger partial charge in [-0.2, -0.15) is 0 Å². The van der Waals surface area contributed by atoms with Crippen molar-refractivity contribution in [2.75, 3.05) is 31.7 Å². The van der Waals surface area contributed by atoms with E-state index in [0.717, 1.165) is 11.5 Å². The van der Waals surface area contributed by atoms with E-state index in [-0.39, 0.29) is 12.1 Å². The number of anilines is 1. The maximum atomic E-state index is 11.9. The molecule has 0 bridgehead atoms. The zero-order chi connectivity index (χ0) is 15.5. The van der Waals surface area contributed by atoms with Gasteiger partial charge in [0.25, 0.3) is 0 Å². The molecule has 6 heteroatoms. The predicted octanol–water partition coefficient (Wildman–Crippen LogP) is 2.35. The van der Waals surface area contributed by atoms with Crippen molar-refractivity contribution in [3.8, 4) is 0 Å². The number of esters is 1. The molecular weight excluding hydrogens is 284 g/mol. The number of methoxy groups -OCH3 is 1. The summed E-state index contributed by atoms with van der Waals surface area (Å²) in [6, 6.07) is 7.28. The zero-order valence-corrected chi connectivity index (χ0v) is 12.6. The lowest BCUT2D eigenvalue weighted by Gasteiger charge is -2.33. The van der Waals surface area contributed by atoms with Crippen LogP contribution in [0.1, 0.15) is 28.0 Å². The molecule has 3 rings (SSSR count). The van der Waals surface area contributed by atoms with Crippen LogP contribution in [0.25, 0.3) is 0 Å². The molecule has 0 saturated carbocycles. The summed E-state index contributed by atoms with van der Waals surface area (Å²) in [7, 11) is 1.37. The molecule has 3 heterocycles. The van der Waals surface area contributed by atoms with Gasteiger partial charge in [-0.3, -0.25) is 0 Å². The van der Waals surface area contributed by atoms with Gasteiger partial charge in [-0.1, -0.05) is 0 Å². The monoisotopic (exact) mass is 302 g/mol. The Hall–Kier alpha value is -2.34. The van der Waals surface area contributed by atoms with Gasteiger partial charge in [0.15, 0.2) is 0 Å². The highest BCUT2D eigenvalue weighted by Gasteiger charge is 2.27. The quantitative estimate of drug-likeness (QED) is 0.811. The molecule has 1 saturated heterocycles. The minimum atomic E-state index is -0.389. The molecule has 2 aromatic rings. The van der Waals surface area contributed by atoms with E-state index in [9.17, 15) is 4.79 Å². The number of aryl methyl sites for hydroxylation is 1. The maximum absolute atomic E-state index is 11.9. The molecule has 1 atom stereocenters. The third kappa shape index (κ3) is 2.82. The average molecular weight is 302 g/mol. The van der Waals surface area contributed by atoms with E-state index in [1.807, 2.05) is 24.0 Å². The van der Waals surface area contributed by atoms with Gasteiger partial charge in [0.1, 0.15) is 29.0 Å². The van der Waals surface area contributed by atoms with Gasteiger partial charge < -0.3 is 18.8 Å². The second-order valence-corrected chi connectivity index (χ2v) is 5.12. The first-order valence-corrected chi connectivity index (χ1v) is 7.15.